The van der Waals surface area contributed by atoms with E-state index >= 15 is 0 Å². The van der Waals surface area contributed by atoms with E-state index in [1.807, 2.05) is 75.5 Å². The van der Waals surface area contributed by atoms with Crippen LogP contribution in [0.15, 0.2) is 58.4 Å². The number of carbonyl (C=O) groups excluding carboxylic acids is 2. The van der Waals surface area contributed by atoms with E-state index in [4.69, 9.17) is 4.74 Å². The van der Waals surface area contributed by atoms with Crippen molar-refractivity contribution in [1.82, 2.24) is 4.90 Å². The highest BCUT2D eigenvalue weighted by Gasteiger charge is 2.42. The largest absolute Gasteiger partial charge is 0.480 e. The third kappa shape index (κ3) is 5.05. The average Bonchev–Trinajstić information content (AvgIpc) is 3.27. The minimum Gasteiger partial charge on any atom is -0.480 e. The van der Waals surface area contributed by atoms with Crippen LogP contribution in [0.5, 0.6) is 5.75 Å². The van der Waals surface area contributed by atoms with E-state index in [0.717, 1.165) is 21.3 Å². The summed E-state index contributed by atoms with van der Waals surface area (Å²) in [5.74, 6) is 0.106. The molecule has 7 heteroatoms. The van der Waals surface area contributed by atoms with Gasteiger partial charge in [-0.1, -0.05) is 54.0 Å². The van der Waals surface area contributed by atoms with E-state index in [2.05, 4.69) is 27.3 Å². The van der Waals surface area contributed by atoms with Crippen LogP contribution in [0.3, 0.4) is 0 Å². The lowest BCUT2D eigenvalue weighted by Crippen LogP contribution is -2.47. The van der Waals surface area contributed by atoms with Crippen molar-refractivity contribution in [3.63, 3.8) is 0 Å². The molecule has 1 aromatic heterocycles. The minimum absolute atomic E-state index is 0.0475. The first kappa shape index (κ1) is 24.5. The summed E-state index contributed by atoms with van der Waals surface area (Å²) < 4.78 is 7.07. The fourth-order valence-electron chi connectivity index (χ4n) is 4.32. The van der Waals surface area contributed by atoms with Gasteiger partial charge in [0.05, 0.1) is 0 Å². The molecule has 2 amide bonds. The van der Waals surface area contributed by atoms with Crippen molar-refractivity contribution in [2.75, 3.05) is 11.9 Å². The number of hydrogen-bond donors (Lipinski definition) is 1. The minimum atomic E-state index is -0.817. The van der Waals surface area contributed by atoms with Crippen molar-refractivity contribution in [2.24, 2.45) is 5.92 Å². The number of aryl methyl sites for hydroxylation is 2. The van der Waals surface area contributed by atoms with Crippen LogP contribution in [-0.4, -0.2) is 29.4 Å². The van der Waals surface area contributed by atoms with E-state index in [1.54, 1.807) is 16.2 Å². The predicted molar refractivity (Wildman–Crippen MR) is 140 cm³/mol. The molecule has 0 saturated carbocycles. The van der Waals surface area contributed by atoms with E-state index in [0.29, 0.717) is 24.3 Å². The third-order valence-corrected chi connectivity index (χ3v) is 7.55. The Labute approximate surface area is 213 Å². The normalized spacial score (nSPS) is 17.8. The number of ether oxygens (including phenoxy) is 1. The molecule has 2 unspecified atom stereocenters. The Bertz CT molecular complexity index is 1170. The Morgan fingerprint density at radius 3 is 2.53 bits per heavy atom. The lowest BCUT2D eigenvalue weighted by atomic mass is 10.0. The zero-order valence-electron chi connectivity index (χ0n) is 19.8. The maximum atomic E-state index is 13.9. The first-order chi connectivity index (χ1) is 16.3. The smallest absolute Gasteiger partial charge is 0.264 e. The number of nitrogens with zero attached hydrogens (tertiary/aromatic N) is 1. The van der Waals surface area contributed by atoms with Gasteiger partial charge in [0, 0.05) is 27.1 Å². The fourth-order valence-corrected chi connectivity index (χ4v) is 5.40. The lowest BCUT2D eigenvalue weighted by molar-refractivity contribution is -0.145. The summed E-state index contributed by atoms with van der Waals surface area (Å²) in [6.45, 7) is 8.30. The van der Waals surface area contributed by atoms with Crippen LogP contribution in [-0.2, 0) is 16.0 Å². The van der Waals surface area contributed by atoms with Crippen molar-refractivity contribution in [3.8, 4) is 5.75 Å². The Balaban J connectivity index is 1.79. The number of hydrogen-bond acceptors (Lipinski definition) is 4. The molecule has 178 valence electrons. The number of nitrogens with one attached hydrogen (secondary N) is 1. The molecule has 34 heavy (non-hydrogen) atoms. The first-order valence-electron chi connectivity index (χ1n) is 11.4. The van der Waals surface area contributed by atoms with Crippen molar-refractivity contribution < 1.29 is 14.3 Å². The predicted octanol–water partition coefficient (Wildman–Crippen LogP) is 6.30. The van der Waals surface area contributed by atoms with Crippen LogP contribution < -0.4 is 10.1 Å². The molecule has 2 heterocycles. The van der Waals surface area contributed by atoms with Crippen LogP contribution in [0.25, 0.3) is 0 Å². The summed E-state index contributed by atoms with van der Waals surface area (Å²) in [7, 11) is 0. The molecule has 2 aromatic carbocycles. The van der Waals surface area contributed by atoms with Crippen LogP contribution >= 0.6 is 27.3 Å². The van der Waals surface area contributed by atoms with E-state index in [1.165, 1.54) is 4.88 Å². The Kier molecular flexibility index (Phi) is 7.43. The number of benzene rings is 2. The maximum Gasteiger partial charge on any atom is 0.264 e. The first-order valence-corrected chi connectivity index (χ1v) is 13.1. The van der Waals surface area contributed by atoms with Crippen molar-refractivity contribution >= 4 is 44.8 Å². The molecular weight excluding hydrogens is 512 g/mol. The molecule has 0 spiro atoms. The lowest BCUT2D eigenvalue weighted by Gasteiger charge is -2.31. The number of para-hydroxylation sites is 1. The van der Waals surface area contributed by atoms with Gasteiger partial charge in [0.2, 0.25) is 0 Å². The van der Waals surface area contributed by atoms with Crippen LogP contribution in [0.4, 0.5) is 5.69 Å². The molecule has 0 bridgehead atoms. The summed E-state index contributed by atoms with van der Waals surface area (Å²) in [6, 6.07) is 14.8. The van der Waals surface area contributed by atoms with Gasteiger partial charge in [-0.3, -0.25) is 9.59 Å². The third-order valence-electron chi connectivity index (χ3n) is 6.12. The standard InChI is InChI=1S/C27H29BrN2O3S/c1-16(2)25-27(32)30(13-12-20-9-6-14-34-20)24(21-15-19(28)10-11-22(21)33-25)26(31)29-23-17(3)7-5-8-18(23)4/h5-11,14-16,24-25H,12-13H2,1-4H3,(H,29,31). The van der Waals surface area contributed by atoms with Gasteiger partial charge in [0.1, 0.15) is 11.8 Å². The highest BCUT2D eigenvalue weighted by molar-refractivity contribution is 9.10. The molecule has 4 rings (SSSR count). The Hall–Kier alpha value is -2.64. The summed E-state index contributed by atoms with van der Waals surface area (Å²) in [6.07, 6.45) is 0.00586. The number of thiophene rings is 1. The topological polar surface area (TPSA) is 58.6 Å². The van der Waals surface area contributed by atoms with Gasteiger partial charge in [-0.2, -0.15) is 0 Å². The Morgan fingerprint density at radius 1 is 1.15 bits per heavy atom. The van der Waals surface area contributed by atoms with Crippen molar-refractivity contribution in [3.05, 3.63) is 80.0 Å². The summed E-state index contributed by atoms with van der Waals surface area (Å²) in [5, 5.41) is 5.15. The number of halogens is 1. The second-order valence-corrected chi connectivity index (χ2v) is 10.9. The number of carbonyl (C=O) groups is 2. The monoisotopic (exact) mass is 540 g/mol. The number of amides is 2. The molecule has 5 nitrogen and oxygen atoms in total. The van der Waals surface area contributed by atoms with Crippen LogP contribution in [0.1, 0.15) is 41.5 Å². The molecule has 1 N–H and O–H groups in total. The Morgan fingerprint density at radius 2 is 1.88 bits per heavy atom. The van der Waals surface area contributed by atoms with Gasteiger partial charge >= 0.3 is 0 Å². The molecule has 2 atom stereocenters. The average molecular weight is 542 g/mol. The number of anilines is 1. The van der Waals surface area contributed by atoms with E-state index in [-0.39, 0.29) is 17.7 Å². The van der Waals surface area contributed by atoms with Gasteiger partial charge < -0.3 is 15.0 Å². The van der Waals surface area contributed by atoms with Gasteiger partial charge in [0.25, 0.3) is 11.8 Å². The van der Waals surface area contributed by atoms with Gasteiger partial charge in [-0.15, -0.1) is 11.3 Å². The summed E-state index contributed by atoms with van der Waals surface area (Å²) in [5.41, 5.74) is 3.41. The van der Waals surface area contributed by atoms with Crippen molar-refractivity contribution in [1.29, 1.82) is 0 Å². The molecule has 0 aliphatic carbocycles. The van der Waals surface area contributed by atoms with Gasteiger partial charge in [-0.25, -0.2) is 0 Å². The van der Waals surface area contributed by atoms with E-state index in [9.17, 15) is 9.59 Å². The number of fused-ring (bicyclic) bond motifs is 1. The highest BCUT2D eigenvalue weighted by atomic mass is 79.9. The van der Waals surface area contributed by atoms with Gasteiger partial charge in [-0.05, 0) is 67.0 Å². The maximum absolute atomic E-state index is 13.9. The van der Waals surface area contributed by atoms with Gasteiger partial charge in [0.15, 0.2) is 6.10 Å². The zero-order valence-corrected chi connectivity index (χ0v) is 22.2. The molecule has 3 aromatic rings. The quantitative estimate of drug-likeness (QED) is 0.399. The molecule has 1 aliphatic heterocycles. The number of rotatable bonds is 6. The molecule has 0 fully saturated rings. The summed E-state index contributed by atoms with van der Waals surface area (Å²) >= 11 is 5.20. The highest BCUT2D eigenvalue weighted by Crippen LogP contribution is 2.38. The second-order valence-electron chi connectivity index (χ2n) is 8.98. The van der Waals surface area contributed by atoms with Crippen LogP contribution in [0, 0.1) is 19.8 Å². The molecule has 1 aliphatic rings. The fraction of sp³-hybridized carbons (Fsp3) is 0.333. The summed E-state index contributed by atoms with van der Waals surface area (Å²) in [4.78, 5) is 30.6. The van der Waals surface area contributed by atoms with E-state index < -0.39 is 12.1 Å². The SMILES string of the molecule is Cc1cccc(C)c1NC(=O)C1c2cc(Br)ccc2OC(C(C)C)C(=O)N1CCc1cccs1. The molecular formula is C27H29BrN2O3S. The molecule has 0 saturated heterocycles. The van der Waals surface area contributed by atoms with Crippen LogP contribution in [0.2, 0.25) is 0 Å². The second kappa shape index (κ2) is 10.3. The molecule has 0 radical (unpaired) electrons. The van der Waals surface area contributed by atoms with Crippen molar-refractivity contribution in [2.45, 2.75) is 46.3 Å². The zero-order chi connectivity index (χ0) is 24.4.